The third-order valence-corrected chi connectivity index (χ3v) is 5.58. The van der Waals surface area contributed by atoms with Crippen LogP contribution in [0.4, 0.5) is 0 Å². The van der Waals surface area contributed by atoms with Crippen LogP contribution in [0.3, 0.4) is 0 Å². The zero-order chi connectivity index (χ0) is 22.8. The Morgan fingerprint density at radius 1 is 0.875 bits per heavy atom. The topological polar surface area (TPSA) is 91.3 Å². The van der Waals surface area contributed by atoms with E-state index in [0.717, 1.165) is 30.3 Å². The number of rotatable bonds is 7. The smallest absolute Gasteiger partial charge is 0.251 e. The molecule has 0 radical (unpaired) electrons. The number of carbonyl (C=O) groups excluding carboxylic acids is 2. The fraction of sp³-hybridized carbons (Fsp3) is 0.269. The van der Waals surface area contributed by atoms with E-state index in [2.05, 4.69) is 15.6 Å². The van der Waals surface area contributed by atoms with Crippen LogP contribution in [0, 0.1) is 5.92 Å². The van der Waals surface area contributed by atoms with Crippen LogP contribution in [0.1, 0.15) is 45.5 Å². The number of aromatic nitrogens is 1. The van der Waals surface area contributed by atoms with Gasteiger partial charge in [0, 0.05) is 43.7 Å². The van der Waals surface area contributed by atoms with Crippen molar-refractivity contribution in [2.45, 2.75) is 25.8 Å². The Morgan fingerprint density at radius 3 is 2.19 bits per heavy atom. The number of aliphatic hydroxyl groups is 1. The van der Waals surface area contributed by atoms with Gasteiger partial charge in [-0.25, -0.2) is 0 Å². The number of pyridine rings is 1. The number of benzene rings is 2. The van der Waals surface area contributed by atoms with Gasteiger partial charge in [0.05, 0.1) is 0 Å². The maximum Gasteiger partial charge on any atom is 0.251 e. The molecule has 2 amide bonds. The summed E-state index contributed by atoms with van der Waals surface area (Å²) in [5, 5.41) is 12.9. The van der Waals surface area contributed by atoms with E-state index in [1.165, 1.54) is 19.3 Å². The van der Waals surface area contributed by atoms with Crippen LogP contribution in [0.5, 0.6) is 0 Å². The molecule has 0 spiro atoms. The van der Waals surface area contributed by atoms with Crippen LogP contribution in [0.2, 0.25) is 0 Å². The largest absolute Gasteiger partial charge is 0.400 e. The van der Waals surface area contributed by atoms with Gasteiger partial charge in [-0.1, -0.05) is 30.7 Å². The highest BCUT2D eigenvalue weighted by Crippen LogP contribution is 2.25. The summed E-state index contributed by atoms with van der Waals surface area (Å²) < 4.78 is 0. The van der Waals surface area contributed by atoms with Gasteiger partial charge in [-0.15, -0.1) is 0 Å². The van der Waals surface area contributed by atoms with Crippen molar-refractivity contribution < 1.29 is 14.7 Å². The molecule has 0 unspecified atom stereocenters. The van der Waals surface area contributed by atoms with Crippen molar-refractivity contribution in [3.05, 3.63) is 89.7 Å². The van der Waals surface area contributed by atoms with Gasteiger partial charge in [0.15, 0.2) is 0 Å². The quantitative estimate of drug-likeness (QED) is 0.530. The first-order valence-corrected chi connectivity index (χ1v) is 10.8. The number of hydrogen-bond acceptors (Lipinski definition) is 4. The standard InChI is InChI=1S/C25H25N3O2.CH4O/c29-24(22-9-7-20(8-10-22)21-11-13-26-14-12-21)28-17-19-5-2-6-23(15-19)25(30)27-16-18-3-1-4-18;1-2/h2,5-15,18H,1,3-4,16-17H2,(H,27,30)(H,28,29);2H,1H3. The normalized spacial score (nSPS) is 12.7. The van der Waals surface area contributed by atoms with Gasteiger partial charge in [-0.2, -0.15) is 0 Å². The molecule has 3 N–H and O–H groups in total. The van der Waals surface area contributed by atoms with Crippen molar-refractivity contribution in [2.24, 2.45) is 5.92 Å². The predicted octanol–water partition coefficient (Wildman–Crippen LogP) is 3.82. The molecule has 1 saturated carbocycles. The predicted molar refractivity (Wildman–Crippen MR) is 125 cm³/mol. The summed E-state index contributed by atoms with van der Waals surface area (Å²) in [6.07, 6.45) is 7.17. The fourth-order valence-corrected chi connectivity index (χ4v) is 3.50. The van der Waals surface area contributed by atoms with Crippen LogP contribution in [-0.4, -0.2) is 35.6 Å². The van der Waals surface area contributed by atoms with Gasteiger partial charge in [0.1, 0.15) is 0 Å². The van der Waals surface area contributed by atoms with Crippen molar-refractivity contribution in [3.8, 4) is 11.1 Å². The molecule has 166 valence electrons. The van der Waals surface area contributed by atoms with E-state index in [-0.39, 0.29) is 11.8 Å². The lowest BCUT2D eigenvalue weighted by atomic mass is 9.85. The maximum atomic E-state index is 12.5. The molecule has 1 heterocycles. The van der Waals surface area contributed by atoms with Crippen molar-refractivity contribution >= 4 is 11.8 Å². The summed E-state index contributed by atoms with van der Waals surface area (Å²) in [4.78, 5) is 28.9. The van der Waals surface area contributed by atoms with Crippen molar-refractivity contribution in [1.29, 1.82) is 0 Å². The molecule has 0 aliphatic heterocycles. The highest BCUT2D eigenvalue weighted by atomic mass is 16.2. The van der Waals surface area contributed by atoms with Crippen LogP contribution in [-0.2, 0) is 6.54 Å². The van der Waals surface area contributed by atoms with E-state index in [1.807, 2.05) is 54.6 Å². The minimum Gasteiger partial charge on any atom is -0.400 e. The van der Waals surface area contributed by atoms with E-state index in [0.29, 0.717) is 23.6 Å². The van der Waals surface area contributed by atoms with Crippen molar-refractivity contribution in [1.82, 2.24) is 15.6 Å². The van der Waals surface area contributed by atoms with Crippen LogP contribution in [0.15, 0.2) is 73.1 Å². The van der Waals surface area contributed by atoms with E-state index in [9.17, 15) is 9.59 Å². The lowest BCUT2D eigenvalue weighted by molar-refractivity contribution is 0.0936. The average molecular weight is 432 g/mol. The molecule has 6 heteroatoms. The lowest BCUT2D eigenvalue weighted by Crippen LogP contribution is -2.32. The van der Waals surface area contributed by atoms with Crippen LogP contribution < -0.4 is 10.6 Å². The second-order valence-electron chi connectivity index (χ2n) is 7.70. The molecule has 0 saturated heterocycles. The van der Waals surface area contributed by atoms with Gasteiger partial charge in [-0.3, -0.25) is 14.6 Å². The molecule has 6 nitrogen and oxygen atoms in total. The highest BCUT2D eigenvalue weighted by Gasteiger charge is 2.18. The molecule has 1 aliphatic rings. The zero-order valence-electron chi connectivity index (χ0n) is 18.3. The van der Waals surface area contributed by atoms with Crippen LogP contribution in [0.25, 0.3) is 11.1 Å². The Balaban J connectivity index is 0.00000141. The van der Waals surface area contributed by atoms with E-state index >= 15 is 0 Å². The third-order valence-electron chi connectivity index (χ3n) is 5.58. The summed E-state index contributed by atoms with van der Waals surface area (Å²) in [7, 11) is 1.00. The Morgan fingerprint density at radius 2 is 1.53 bits per heavy atom. The Bertz CT molecular complexity index is 1020. The first-order valence-electron chi connectivity index (χ1n) is 10.8. The van der Waals surface area contributed by atoms with E-state index < -0.39 is 0 Å². The fourth-order valence-electron chi connectivity index (χ4n) is 3.50. The minimum absolute atomic E-state index is 0.0539. The average Bonchev–Trinajstić information content (AvgIpc) is 2.83. The molecule has 4 rings (SSSR count). The van der Waals surface area contributed by atoms with E-state index in [1.54, 1.807) is 18.5 Å². The number of carbonyl (C=O) groups is 2. The number of hydrogen-bond donors (Lipinski definition) is 3. The first-order chi connectivity index (χ1) is 15.7. The molecule has 1 fully saturated rings. The second-order valence-corrected chi connectivity index (χ2v) is 7.70. The third kappa shape index (κ3) is 6.25. The Labute approximate surface area is 188 Å². The molecule has 1 aliphatic carbocycles. The highest BCUT2D eigenvalue weighted by molar-refractivity contribution is 5.95. The van der Waals surface area contributed by atoms with Gasteiger partial charge in [0.2, 0.25) is 0 Å². The summed E-state index contributed by atoms with van der Waals surface area (Å²) in [6, 6.07) is 18.8. The molecular formula is C26H29N3O3. The molecule has 3 aromatic rings. The minimum atomic E-state index is -0.142. The van der Waals surface area contributed by atoms with Gasteiger partial charge in [-0.05, 0) is 71.8 Å². The SMILES string of the molecule is CO.O=C(NCc1cccc(C(=O)NCC2CCC2)c1)c1ccc(-c2ccncc2)cc1. The number of amides is 2. The summed E-state index contributed by atoms with van der Waals surface area (Å²) >= 11 is 0. The number of nitrogens with zero attached hydrogens (tertiary/aromatic N) is 1. The molecule has 32 heavy (non-hydrogen) atoms. The number of nitrogens with one attached hydrogen (secondary N) is 2. The number of aliphatic hydroxyl groups excluding tert-OH is 1. The van der Waals surface area contributed by atoms with Crippen molar-refractivity contribution in [3.63, 3.8) is 0 Å². The summed E-state index contributed by atoms with van der Waals surface area (Å²) in [6.45, 7) is 1.12. The molecule has 1 aromatic heterocycles. The summed E-state index contributed by atoms with van der Waals surface area (Å²) in [5.41, 5.74) is 4.22. The van der Waals surface area contributed by atoms with Gasteiger partial charge in [0.25, 0.3) is 11.8 Å². The lowest BCUT2D eigenvalue weighted by Gasteiger charge is -2.25. The van der Waals surface area contributed by atoms with Crippen LogP contribution >= 0.6 is 0 Å². The molecule has 0 atom stereocenters. The summed E-state index contributed by atoms with van der Waals surface area (Å²) in [5.74, 6) is 0.430. The first kappa shape index (κ1) is 23.2. The van der Waals surface area contributed by atoms with Crippen molar-refractivity contribution in [2.75, 3.05) is 13.7 Å². The molecular weight excluding hydrogens is 402 g/mol. The maximum absolute atomic E-state index is 12.5. The molecule has 2 aromatic carbocycles. The Hall–Kier alpha value is -3.51. The zero-order valence-corrected chi connectivity index (χ0v) is 18.3. The second kappa shape index (κ2) is 11.8. The molecule has 0 bridgehead atoms. The van der Waals surface area contributed by atoms with E-state index in [4.69, 9.17) is 5.11 Å². The Kier molecular flexibility index (Phi) is 8.52. The van der Waals surface area contributed by atoms with Gasteiger partial charge >= 0.3 is 0 Å². The van der Waals surface area contributed by atoms with Gasteiger partial charge < -0.3 is 15.7 Å². The monoisotopic (exact) mass is 431 g/mol.